The van der Waals surface area contributed by atoms with Crippen molar-refractivity contribution in [3.05, 3.63) is 28.8 Å². The lowest BCUT2D eigenvalue weighted by molar-refractivity contribution is -0.129. The van der Waals surface area contributed by atoms with Crippen molar-refractivity contribution in [2.24, 2.45) is 0 Å². The molecule has 1 aromatic rings. The number of anilines is 1. The molecule has 0 saturated carbocycles. The molecule has 1 aliphatic rings. The minimum absolute atomic E-state index is 0.139. The van der Waals surface area contributed by atoms with Gasteiger partial charge in [0.15, 0.2) is 0 Å². The van der Waals surface area contributed by atoms with Gasteiger partial charge in [-0.1, -0.05) is 11.6 Å². The van der Waals surface area contributed by atoms with Crippen molar-refractivity contribution in [1.82, 2.24) is 4.90 Å². The Morgan fingerprint density at radius 3 is 2.84 bits per heavy atom. The van der Waals surface area contributed by atoms with E-state index in [0.29, 0.717) is 17.1 Å². The fraction of sp³-hybridized carbons (Fsp3) is 0.429. The fourth-order valence-corrected chi connectivity index (χ4v) is 2.48. The predicted octanol–water partition coefficient (Wildman–Crippen LogP) is 2.27. The highest BCUT2D eigenvalue weighted by Crippen LogP contribution is 2.24. The first-order valence-electron chi connectivity index (χ1n) is 6.38. The molecule has 1 aliphatic heterocycles. The van der Waals surface area contributed by atoms with E-state index in [-0.39, 0.29) is 5.91 Å². The Bertz CT molecular complexity index is 524. The molecule has 0 unspecified atom stereocenters. The lowest BCUT2D eigenvalue weighted by Crippen LogP contribution is -2.36. The number of halogens is 1. The maximum atomic E-state index is 12.0. The summed E-state index contributed by atoms with van der Waals surface area (Å²) in [5.41, 5.74) is 1.36. The summed E-state index contributed by atoms with van der Waals surface area (Å²) in [5.74, 6) is 0.139. The first kappa shape index (κ1) is 13.7. The number of hydrogen-bond donors (Lipinski definition) is 0. The summed E-state index contributed by atoms with van der Waals surface area (Å²) in [4.78, 5) is 15.9. The van der Waals surface area contributed by atoms with Crippen LogP contribution in [0, 0.1) is 11.3 Å². The Morgan fingerprint density at radius 1 is 1.42 bits per heavy atom. The van der Waals surface area contributed by atoms with E-state index >= 15 is 0 Å². The average molecular weight is 278 g/mol. The lowest BCUT2D eigenvalue weighted by Gasteiger charge is -2.22. The zero-order chi connectivity index (χ0) is 13.8. The van der Waals surface area contributed by atoms with Gasteiger partial charge in [-0.3, -0.25) is 4.79 Å². The van der Waals surface area contributed by atoms with E-state index in [1.807, 2.05) is 28.9 Å². The number of likely N-dealkylation sites (N-methyl/N-ethyl adjacent to an activating group) is 1. The summed E-state index contributed by atoms with van der Waals surface area (Å²) < 4.78 is 0. The number of carbonyl (C=O) groups excluding carboxylic acids is 1. The van der Waals surface area contributed by atoms with Crippen LogP contribution in [0.4, 0.5) is 5.69 Å². The van der Waals surface area contributed by atoms with E-state index in [1.54, 1.807) is 12.1 Å². The van der Waals surface area contributed by atoms with Gasteiger partial charge in [-0.05, 0) is 31.5 Å². The van der Waals surface area contributed by atoms with Crippen LogP contribution in [-0.4, -0.2) is 37.0 Å². The molecule has 0 N–H and O–H groups in total. The molecule has 0 spiro atoms. The summed E-state index contributed by atoms with van der Waals surface area (Å²) in [6.07, 6.45) is 0.942. The molecular formula is C14H16ClN3O. The maximum Gasteiger partial charge on any atom is 0.242 e. The van der Waals surface area contributed by atoms with Crippen LogP contribution in [0.15, 0.2) is 18.2 Å². The van der Waals surface area contributed by atoms with E-state index < -0.39 is 0 Å². The predicted molar refractivity (Wildman–Crippen MR) is 75.3 cm³/mol. The SMILES string of the molecule is CCN1CCCN(c2ccc(C#N)c(Cl)c2)CC1=O. The topological polar surface area (TPSA) is 47.3 Å². The van der Waals surface area contributed by atoms with Gasteiger partial charge in [-0.25, -0.2) is 0 Å². The van der Waals surface area contributed by atoms with Crippen LogP contribution in [0.5, 0.6) is 0 Å². The second kappa shape index (κ2) is 5.94. The molecule has 1 heterocycles. The monoisotopic (exact) mass is 277 g/mol. The third-order valence-corrected chi connectivity index (χ3v) is 3.67. The highest BCUT2D eigenvalue weighted by atomic mass is 35.5. The van der Waals surface area contributed by atoms with Gasteiger partial charge < -0.3 is 9.80 Å². The maximum absolute atomic E-state index is 12.0. The molecule has 1 fully saturated rings. The number of nitrogens with zero attached hydrogens (tertiary/aromatic N) is 3. The number of hydrogen-bond acceptors (Lipinski definition) is 3. The van der Waals surface area contributed by atoms with Crippen molar-refractivity contribution < 1.29 is 4.79 Å². The molecule has 5 heteroatoms. The lowest BCUT2D eigenvalue weighted by atomic mass is 10.2. The summed E-state index contributed by atoms with van der Waals surface area (Å²) in [5, 5.41) is 9.30. The quantitative estimate of drug-likeness (QED) is 0.833. The van der Waals surface area contributed by atoms with Crippen LogP contribution < -0.4 is 4.90 Å². The standard InChI is InChI=1S/C14H16ClN3O/c1-2-17-6-3-7-18(10-14(17)19)12-5-4-11(9-16)13(15)8-12/h4-5,8H,2-3,6-7,10H2,1H3. The first-order chi connectivity index (χ1) is 9.15. The number of carbonyl (C=O) groups is 1. The van der Waals surface area contributed by atoms with Gasteiger partial charge in [-0.15, -0.1) is 0 Å². The highest BCUT2D eigenvalue weighted by molar-refractivity contribution is 6.32. The summed E-state index contributed by atoms with van der Waals surface area (Å²) in [7, 11) is 0. The largest absolute Gasteiger partial charge is 0.362 e. The van der Waals surface area contributed by atoms with E-state index in [9.17, 15) is 4.79 Å². The van der Waals surface area contributed by atoms with Crippen LogP contribution in [0.2, 0.25) is 5.02 Å². The highest BCUT2D eigenvalue weighted by Gasteiger charge is 2.21. The molecular weight excluding hydrogens is 262 g/mol. The number of benzene rings is 1. The molecule has 2 rings (SSSR count). The van der Waals surface area contributed by atoms with Crippen molar-refractivity contribution in [1.29, 1.82) is 5.26 Å². The van der Waals surface area contributed by atoms with Gasteiger partial charge in [0, 0.05) is 25.3 Å². The molecule has 0 bridgehead atoms. The van der Waals surface area contributed by atoms with Crippen LogP contribution >= 0.6 is 11.6 Å². The molecule has 0 atom stereocenters. The molecule has 4 nitrogen and oxygen atoms in total. The van der Waals surface area contributed by atoms with Gasteiger partial charge in [0.05, 0.1) is 17.1 Å². The molecule has 1 aromatic carbocycles. The molecule has 1 amide bonds. The molecule has 100 valence electrons. The van der Waals surface area contributed by atoms with Crippen LogP contribution in [0.3, 0.4) is 0 Å². The zero-order valence-corrected chi connectivity index (χ0v) is 11.7. The van der Waals surface area contributed by atoms with E-state index in [2.05, 4.69) is 0 Å². The minimum atomic E-state index is 0.139. The number of nitriles is 1. The van der Waals surface area contributed by atoms with E-state index in [4.69, 9.17) is 16.9 Å². The molecule has 0 radical (unpaired) electrons. The average Bonchev–Trinajstić information content (AvgIpc) is 2.60. The Balaban J connectivity index is 2.20. The van der Waals surface area contributed by atoms with Gasteiger partial charge in [0.25, 0.3) is 0 Å². The Kier molecular flexibility index (Phi) is 4.28. The van der Waals surface area contributed by atoms with Gasteiger partial charge in [0.2, 0.25) is 5.91 Å². The van der Waals surface area contributed by atoms with Crippen molar-refractivity contribution >= 4 is 23.2 Å². The van der Waals surface area contributed by atoms with Gasteiger partial charge >= 0.3 is 0 Å². The van der Waals surface area contributed by atoms with Crippen molar-refractivity contribution in [3.8, 4) is 6.07 Å². The van der Waals surface area contributed by atoms with Crippen molar-refractivity contribution in [3.63, 3.8) is 0 Å². The van der Waals surface area contributed by atoms with Crippen LogP contribution in [0.1, 0.15) is 18.9 Å². The Morgan fingerprint density at radius 2 is 2.21 bits per heavy atom. The summed E-state index contributed by atoms with van der Waals surface area (Å²) in [6.45, 7) is 4.74. The third kappa shape index (κ3) is 2.99. The molecule has 19 heavy (non-hydrogen) atoms. The normalized spacial score (nSPS) is 16.2. The van der Waals surface area contributed by atoms with E-state index in [1.165, 1.54) is 0 Å². The minimum Gasteiger partial charge on any atom is -0.362 e. The first-order valence-corrected chi connectivity index (χ1v) is 6.76. The summed E-state index contributed by atoms with van der Waals surface area (Å²) in [6, 6.07) is 7.34. The van der Waals surface area contributed by atoms with E-state index in [0.717, 1.165) is 31.7 Å². The molecule has 0 aliphatic carbocycles. The number of rotatable bonds is 2. The zero-order valence-electron chi connectivity index (χ0n) is 10.9. The van der Waals surface area contributed by atoms with Crippen LogP contribution in [-0.2, 0) is 4.79 Å². The van der Waals surface area contributed by atoms with Gasteiger partial charge in [0.1, 0.15) is 6.07 Å². The van der Waals surface area contributed by atoms with Gasteiger partial charge in [-0.2, -0.15) is 5.26 Å². The Labute approximate surface area is 118 Å². The summed E-state index contributed by atoms with van der Waals surface area (Å²) >= 11 is 6.04. The molecule has 0 aromatic heterocycles. The number of amides is 1. The fourth-order valence-electron chi connectivity index (χ4n) is 2.27. The molecule has 1 saturated heterocycles. The second-order valence-corrected chi connectivity index (χ2v) is 4.93. The van der Waals surface area contributed by atoms with Crippen LogP contribution in [0.25, 0.3) is 0 Å². The van der Waals surface area contributed by atoms with Crippen molar-refractivity contribution in [2.75, 3.05) is 31.1 Å². The Hall–Kier alpha value is -1.73. The smallest absolute Gasteiger partial charge is 0.242 e. The van der Waals surface area contributed by atoms with Crippen molar-refractivity contribution in [2.45, 2.75) is 13.3 Å². The second-order valence-electron chi connectivity index (χ2n) is 4.52. The third-order valence-electron chi connectivity index (χ3n) is 3.35.